The molecule has 1 heterocycles. The van der Waals surface area contributed by atoms with Crippen molar-refractivity contribution in [2.75, 3.05) is 0 Å². The summed E-state index contributed by atoms with van der Waals surface area (Å²) in [5.74, 6) is 0. The van der Waals surface area contributed by atoms with Crippen LogP contribution in [0.5, 0.6) is 0 Å². The summed E-state index contributed by atoms with van der Waals surface area (Å²) >= 11 is 0. The van der Waals surface area contributed by atoms with Gasteiger partial charge in [0.1, 0.15) is 12.1 Å². The van der Waals surface area contributed by atoms with Crippen LogP contribution >= 0.6 is 0 Å². The maximum Gasteiger partial charge on any atom is 0.131 e. The molecule has 2 atom stereocenters. The van der Waals surface area contributed by atoms with Crippen molar-refractivity contribution in [3.8, 4) is 0 Å². The van der Waals surface area contributed by atoms with Crippen LogP contribution in [0.4, 0.5) is 0 Å². The Morgan fingerprint density at radius 3 is 2.64 bits per heavy atom. The average Bonchev–Trinajstić information content (AvgIpc) is 2.68. The second-order valence-electron chi connectivity index (χ2n) is 3.97. The van der Waals surface area contributed by atoms with E-state index in [1.54, 1.807) is 0 Å². The maximum atomic E-state index is 2.46. The van der Waals surface area contributed by atoms with Crippen molar-refractivity contribution in [1.29, 1.82) is 0 Å². The summed E-state index contributed by atoms with van der Waals surface area (Å²) in [6, 6.07) is 12.0. The molecule has 1 aromatic carbocycles. The Hall–Kier alpha value is -1.08. The standard InChI is InChI=1S/C13H17N/c1-2-6-12-9-10-13(14-12)11-7-4-3-5-8-11/h3-5,7-10,12-14H,2,6H2,1H3/p+1/t12-,13-/m0/s1. The van der Waals surface area contributed by atoms with Gasteiger partial charge in [0.2, 0.25) is 0 Å². The molecular weight excluding hydrogens is 170 g/mol. The van der Waals surface area contributed by atoms with Gasteiger partial charge in [0.25, 0.3) is 0 Å². The van der Waals surface area contributed by atoms with Crippen molar-refractivity contribution >= 4 is 0 Å². The molecule has 74 valence electrons. The molecule has 0 bridgehead atoms. The van der Waals surface area contributed by atoms with E-state index in [-0.39, 0.29) is 0 Å². The highest BCUT2D eigenvalue weighted by atomic mass is 15.0. The van der Waals surface area contributed by atoms with Gasteiger partial charge in [-0.05, 0) is 12.2 Å². The van der Waals surface area contributed by atoms with E-state index in [4.69, 9.17) is 0 Å². The third-order valence-electron chi connectivity index (χ3n) is 2.83. The zero-order chi connectivity index (χ0) is 9.80. The van der Waals surface area contributed by atoms with E-state index in [1.165, 1.54) is 18.4 Å². The van der Waals surface area contributed by atoms with Crippen molar-refractivity contribution in [3.63, 3.8) is 0 Å². The number of benzene rings is 1. The number of hydrogen-bond acceptors (Lipinski definition) is 0. The highest BCUT2D eigenvalue weighted by Crippen LogP contribution is 2.14. The molecule has 0 aromatic heterocycles. The van der Waals surface area contributed by atoms with Crippen LogP contribution in [0.2, 0.25) is 0 Å². The molecule has 0 radical (unpaired) electrons. The Kier molecular flexibility index (Phi) is 3.00. The van der Waals surface area contributed by atoms with Gasteiger partial charge >= 0.3 is 0 Å². The van der Waals surface area contributed by atoms with Gasteiger partial charge in [0, 0.05) is 12.0 Å². The third-order valence-corrected chi connectivity index (χ3v) is 2.83. The van der Waals surface area contributed by atoms with Crippen LogP contribution < -0.4 is 5.32 Å². The van der Waals surface area contributed by atoms with Crippen LogP contribution in [-0.2, 0) is 0 Å². The molecule has 0 unspecified atom stereocenters. The molecule has 1 heteroatoms. The second-order valence-corrected chi connectivity index (χ2v) is 3.97. The van der Waals surface area contributed by atoms with Crippen LogP contribution in [0.1, 0.15) is 31.4 Å². The first kappa shape index (κ1) is 9.47. The fourth-order valence-corrected chi connectivity index (χ4v) is 2.08. The minimum absolute atomic E-state index is 0.549. The number of nitrogens with two attached hydrogens (primary N) is 1. The number of hydrogen-bond donors (Lipinski definition) is 1. The normalized spacial score (nSPS) is 25.5. The fourth-order valence-electron chi connectivity index (χ4n) is 2.08. The predicted molar refractivity (Wildman–Crippen MR) is 58.9 cm³/mol. The lowest BCUT2D eigenvalue weighted by atomic mass is 10.1. The lowest BCUT2D eigenvalue weighted by Gasteiger charge is -2.10. The first-order valence-corrected chi connectivity index (χ1v) is 5.48. The Morgan fingerprint density at radius 2 is 1.93 bits per heavy atom. The quantitative estimate of drug-likeness (QED) is 0.699. The van der Waals surface area contributed by atoms with Crippen LogP contribution in [0.15, 0.2) is 42.5 Å². The molecule has 1 nitrogen and oxygen atoms in total. The van der Waals surface area contributed by atoms with Gasteiger partial charge in [-0.1, -0.05) is 43.7 Å². The Morgan fingerprint density at radius 1 is 1.14 bits per heavy atom. The van der Waals surface area contributed by atoms with E-state index in [0.717, 1.165) is 0 Å². The highest BCUT2D eigenvalue weighted by Gasteiger charge is 2.21. The van der Waals surface area contributed by atoms with E-state index in [9.17, 15) is 0 Å². The van der Waals surface area contributed by atoms with Crippen LogP contribution in [0.25, 0.3) is 0 Å². The summed E-state index contributed by atoms with van der Waals surface area (Å²) in [5.41, 5.74) is 1.42. The van der Waals surface area contributed by atoms with Crippen molar-refractivity contribution in [1.82, 2.24) is 0 Å². The lowest BCUT2D eigenvalue weighted by Crippen LogP contribution is -2.87. The minimum Gasteiger partial charge on any atom is -0.331 e. The first-order chi connectivity index (χ1) is 6.90. The Bertz CT molecular complexity index is 302. The van der Waals surface area contributed by atoms with Crippen LogP contribution in [0, 0.1) is 0 Å². The summed E-state index contributed by atoms with van der Waals surface area (Å²) in [4.78, 5) is 0. The molecule has 0 amide bonds. The van der Waals surface area contributed by atoms with Gasteiger partial charge in [-0.3, -0.25) is 0 Å². The predicted octanol–water partition coefficient (Wildman–Crippen LogP) is 2.03. The molecule has 0 saturated carbocycles. The monoisotopic (exact) mass is 188 g/mol. The molecule has 0 saturated heterocycles. The van der Waals surface area contributed by atoms with Crippen molar-refractivity contribution in [2.45, 2.75) is 31.8 Å². The van der Waals surface area contributed by atoms with Gasteiger partial charge in [-0.25, -0.2) is 0 Å². The zero-order valence-electron chi connectivity index (χ0n) is 8.69. The first-order valence-electron chi connectivity index (χ1n) is 5.48. The van der Waals surface area contributed by atoms with E-state index in [0.29, 0.717) is 12.1 Å². The van der Waals surface area contributed by atoms with E-state index in [2.05, 4.69) is 54.7 Å². The van der Waals surface area contributed by atoms with E-state index in [1.807, 2.05) is 0 Å². The summed E-state index contributed by atoms with van der Waals surface area (Å²) < 4.78 is 0. The number of quaternary nitrogens is 1. The van der Waals surface area contributed by atoms with Crippen LogP contribution in [0.3, 0.4) is 0 Å². The van der Waals surface area contributed by atoms with Crippen LogP contribution in [-0.4, -0.2) is 6.04 Å². The molecule has 1 aliphatic heterocycles. The third kappa shape index (κ3) is 2.05. The van der Waals surface area contributed by atoms with Gasteiger partial charge in [0.05, 0.1) is 0 Å². The summed E-state index contributed by atoms with van der Waals surface area (Å²) in [6.45, 7) is 2.25. The molecule has 14 heavy (non-hydrogen) atoms. The maximum absolute atomic E-state index is 2.46. The summed E-state index contributed by atoms with van der Waals surface area (Å²) in [7, 11) is 0. The number of rotatable bonds is 3. The molecule has 0 spiro atoms. The molecule has 1 aromatic rings. The van der Waals surface area contributed by atoms with Crippen molar-refractivity contribution in [3.05, 3.63) is 48.0 Å². The highest BCUT2D eigenvalue weighted by molar-refractivity contribution is 5.22. The molecule has 0 fully saturated rings. The topological polar surface area (TPSA) is 16.6 Å². The molecule has 0 aliphatic carbocycles. The summed E-state index contributed by atoms with van der Waals surface area (Å²) in [5, 5.41) is 2.46. The van der Waals surface area contributed by atoms with E-state index >= 15 is 0 Å². The molecule has 2 rings (SSSR count). The van der Waals surface area contributed by atoms with Gasteiger partial charge in [0.15, 0.2) is 0 Å². The molecular formula is C13H18N+. The smallest absolute Gasteiger partial charge is 0.131 e. The van der Waals surface area contributed by atoms with Gasteiger partial charge in [-0.15, -0.1) is 0 Å². The summed E-state index contributed by atoms with van der Waals surface area (Å²) in [6.07, 6.45) is 7.24. The van der Waals surface area contributed by atoms with Crippen molar-refractivity contribution < 1.29 is 5.32 Å². The SMILES string of the molecule is CCC[C@H]1C=C[C@@H](c2ccccc2)[NH2+]1. The minimum atomic E-state index is 0.549. The Labute approximate surface area is 85.8 Å². The fraction of sp³-hybridized carbons (Fsp3) is 0.385. The van der Waals surface area contributed by atoms with Gasteiger partial charge < -0.3 is 5.32 Å². The van der Waals surface area contributed by atoms with Gasteiger partial charge in [-0.2, -0.15) is 0 Å². The zero-order valence-corrected chi connectivity index (χ0v) is 8.69. The average molecular weight is 188 g/mol. The van der Waals surface area contributed by atoms with E-state index < -0.39 is 0 Å². The largest absolute Gasteiger partial charge is 0.331 e. The second kappa shape index (κ2) is 4.43. The lowest BCUT2D eigenvalue weighted by molar-refractivity contribution is -0.701. The molecule has 1 aliphatic rings. The molecule has 2 N–H and O–H groups in total. The Balaban J connectivity index is 2.00. The van der Waals surface area contributed by atoms with Crippen molar-refractivity contribution in [2.24, 2.45) is 0 Å².